The van der Waals surface area contributed by atoms with E-state index in [2.05, 4.69) is 0 Å². The van der Waals surface area contributed by atoms with Crippen LogP contribution in [-0.2, 0) is 9.53 Å². The predicted octanol–water partition coefficient (Wildman–Crippen LogP) is 2.67. The van der Waals surface area contributed by atoms with E-state index in [1.807, 2.05) is 30.4 Å². The third-order valence-electron chi connectivity index (χ3n) is 2.31. The third-order valence-corrected chi connectivity index (χ3v) is 2.31. The zero-order chi connectivity index (χ0) is 13.4. The van der Waals surface area contributed by atoms with E-state index in [9.17, 15) is 4.79 Å². The van der Waals surface area contributed by atoms with Crippen LogP contribution in [0.4, 0.5) is 0 Å². The molecule has 1 rings (SSSR count). The zero-order valence-corrected chi connectivity index (χ0v) is 10.9. The maximum atomic E-state index is 10.6. The Hall–Kier alpha value is -1.97. The smallest absolute Gasteiger partial charge is 0.302 e. The van der Waals surface area contributed by atoms with E-state index in [4.69, 9.17) is 14.2 Å². The van der Waals surface area contributed by atoms with Crippen molar-refractivity contribution < 1.29 is 19.0 Å². The average molecular weight is 250 g/mol. The van der Waals surface area contributed by atoms with E-state index in [1.165, 1.54) is 6.92 Å². The van der Waals surface area contributed by atoms with E-state index in [1.54, 1.807) is 14.2 Å². The second-order valence-electron chi connectivity index (χ2n) is 3.65. The third kappa shape index (κ3) is 4.49. The first kappa shape index (κ1) is 14.1. The van der Waals surface area contributed by atoms with Gasteiger partial charge in [0.25, 0.3) is 0 Å². The highest BCUT2D eigenvalue weighted by molar-refractivity contribution is 5.65. The summed E-state index contributed by atoms with van der Waals surface area (Å²) in [7, 11) is 3.21. The van der Waals surface area contributed by atoms with Crippen molar-refractivity contribution in [2.75, 3.05) is 20.8 Å². The molecular weight excluding hydrogens is 232 g/mol. The number of hydrogen-bond acceptors (Lipinski definition) is 4. The minimum atomic E-state index is -0.255. The quantitative estimate of drug-likeness (QED) is 0.575. The molecule has 0 aliphatic carbocycles. The number of esters is 1. The summed E-state index contributed by atoms with van der Waals surface area (Å²) in [5, 5.41) is 0. The fourth-order valence-electron chi connectivity index (χ4n) is 1.45. The van der Waals surface area contributed by atoms with Crippen molar-refractivity contribution in [3.63, 3.8) is 0 Å². The van der Waals surface area contributed by atoms with E-state index in [0.717, 1.165) is 5.56 Å². The molecule has 0 saturated heterocycles. The van der Waals surface area contributed by atoms with Crippen LogP contribution in [0.1, 0.15) is 18.9 Å². The lowest BCUT2D eigenvalue weighted by Gasteiger charge is -2.07. The van der Waals surface area contributed by atoms with Gasteiger partial charge in [-0.3, -0.25) is 4.79 Å². The molecule has 0 aromatic heterocycles. The van der Waals surface area contributed by atoms with Gasteiger partial charge in [-0.05, 0) is 24.1 Å². The van der Waals surface area contributed by atoms with E-state index >= 15 is 0 Å². The number of ether oxygens (including phenoxy) is 3. The molecule has 0 bridgehead atoms. The Labute approximate surface area is 107 Å². The van der Waals surface area contributed by atoms with Crippen LogP contribution in [0.3, 0.4) is 0 Å². The second-order valence-corrected chi connectivity index (χ2v) is 3.65. The highest BCUT2D eigenvalue weighted by Gasteiger charge is 2.02. The average Bonchev–Trinajstić information content (AvgIpc) is 2.37. The van der Waals surface area contributed by atoms with Crippen LogP contribution in [0.15, 0.2) is 24.3 Å². The number of methoxy groups -OCH3 is 2. The van der Waals surface area contributed by atoms with Gasteiger partial charge in [0.15, 0.2) is 11.5 Å². The molecule has 1 aromatic rings. The fraction of sp³-hybridized carbons (Fsp3) is 0.357. The zero-order valence-electron chi connectivity index (χ0n) is 10.9. The number of carbonyl (C=O) groups is 1. The van der Waals surface area contributed by atoms with Crippen molar-refractivity contribution in [3.8, 4) is 11.5 Å². The van der Waals surface area contributed by atoms with Gasteiger partial charge in [-0.2, -0.15) is 0 Å². The topological polar surface area (TPSA) is 44.8 Å². The summed E-state index contributed by atoms with van der Waals surface area (Å²) in [4.78, 5) is 10.6. The van der Waals surface area contributed by atoms with Gasteiger partial charge < -0.3 is 14.2 Å². The lowest BCUT2D eigenvalue weighted by atomic mass is 10.2. The Morgan fingerprint density at radius 3 is 2.56 bits per heavy atom. The summed E-state index contributed by atoms with van der Waals surface area (Å²) in [5.74, 6) is 1.14. The second kappa shape index (κ2) is 7.37. The molecule has 0 unspecified atom stereocenters. The van der Waals surface area contributed by atoms with Gasteiger partial charge in [-0.1, -0.05) is 18.2 Å². The van der Waals surface area contributed by atoms with Gasteiger partial charge in [0.2, 0.25) is 0 Å². The molecule has 1 aromatic carbocycles. The van der Waals surface area contributed by atoms with Gasteiger partial charge in [-0.15, -0.1) is 0 Å². The van der Waals surface area contributed by atoms with Crippen molar-refractivity contribution in [2.24, 2.45) is 0 Å². The van der Waals surface area contributed by atoms with Crippen molar-refractivity contribution >= 4 is 12.0 Å². The molecule has 0 radical (unpaired) electrons. The molecular formula is C14H18O4. The molecule has 0 heterocycles. The van der Waals surface area contributed by atoms with Crippen LogP contribution in [0.5, 0.6) is 11.5 Å². The highest BCUT2D eigenvalue weighted by Crippen LogP contribution is 2.27. The molecule has 0 amide bonds. The van der Waals surface area contributed by atoms with E-state index in [-0.39, 0.29) is 5.97 Å². The van der Waals surface area contributed by atoms with Crippen molar-refractivity contribution in [1.82, 2.24) is 0 Å². The van der Waals surface area contributed by atoms with Crippen molar-refractivity contribution in [3.05, 3.63) is 29.8 Å². The molecule has 0 aliphatic rings. The summed E-state index contributed by atoms with van der Waals surface area (Å²) >= 11 is 0. The maximum absolute atomic E-state index is 10.6. The summed E-state index contributed by atoms with van der Waals surface area (Å²) in [6, 6.07) is 5.68. The number of hydrogen-bond donors (Lipinski definition) is 0. The summed E-state index contributed by atoms with van der Waals surface area (Å²) in [6.45, 7) is 1.80. The Bertz CT molecular complexity index is 424. The number of benzene rings is 1. The minimum Gasteiger partial charge on any atom is -0.493 e. The SMILES string of the molecule is COc1ccc(/C=C/CCOC(C)=O)cc1OC. The Morgan fingerprint density at radius 2 is 1.94 bits per heavy atom. The van der Waals surface area contributed by atoms with Crippen LogP contribution < -0.4 is 9.47 Å². The Morgan fingerprint density at radius 1 is 1.22 bits per heavy atom. The normalized spacial score (nSPS) is 10.4. The summed E-state index contributed by atoms with van der Waals surface area (Å²) in [5.41, 5.74) is 1.01. The van der Waals surface area contributed by atoms with E-state index < -0.39 is 0 Å². The van der Waals surface area contributed by atoms with Crippen molar-refractivity contribution in [1.29, 1.82) is 0 Å². The molecule has 18 heavy (non-hydrogen) atoms. The maximum Gasteiger partial charge on any atom is 0.302 e. The largest absolute Gasteiger partial charge is 0.493 e. The van der Waals surface area contributed by atoms with Crippen molar-refractivity contribution in [2.45, 2.75) is 13.3 Å². The van der Waals surface area contributed by atoms with E-state index in [0.29, 0.717) is 24.5 Å². The minimum absolute atomic E-state index is 0.255. The molecule has 0 saturated carbocycles. The number of rotatable bonds is 6. The predicted molar refractivity (Wildman–Crippen MR) is 69.8 cm³/mol. The monoisotopic (exact) mass is 250 g/mol. The molecule has 0 fully saturated rings. The first-order chi connectivity index (χ1) is 8.67. The molecule has 98 valence electrons. The van der Waals surface area contributed by atoms with Crippen LogP contribution in [0, 0.1) is 0 Å². The first-order valence-electron chi connectivity index (χ1n) is 5.69. The molecule has 0 N–H and O–H groups in total. The van der Waals surface area contributed by atoms with Crippen LogP contribution in [0.2, 0.25) is 0 Å². The molecule has 0 aliphatic heterocycles. The van der Waals surface area contributed by atoms with Gasteiger partial charge in [0, 0.05) is 6.92 Å². The summed E-state index contributed by atoms with van der Waals surface area (Å²) in [6.07, 6.45) is 4.59. The van der Waals surface area contributed by atoms with Crippen LogP contribution in [0.25, 0.3) is 6.08 Å². The van der Waals surface area contributed by atoms with Gasteiger partial charge in [-0.25, -0.2) is 0 Å². The molecule has 0 spiro atoms. The number of carbonyl (C=O) groups excluding carboxylic acids is 1. The standard InChI is InChI=1S/C14H18O4/c1-11(15)18-9-5-4-6-12-7-8-13(16-2)14(10-12)17-3/h4,6-8,10H,5,9H2,1-3H3/b6-4+. The Kier molecular flexibility index (Phi) is 5.77. The van der Waals surface area contributed by atoms with Gasteiger partial charge in [0.1, 0.15) is 0 Å². The summed E-state index contributed by atoms with van der Waals surface area (Å²) < 4.78 is 15.2. The Balaban J connectivity index is 2.56. The molecule has 4 nitrogen and oxygen atoms in total. The lowest BCUT2D eigenvalue weighted by molar-refractivity contribution is -0.140. The lowest BCUT2D eigenvalue weighted by Crippen LogP contribution is -1.98. The first-order valence-corrected chi connectivity index (χ1v) is 5.69. The fourth-order valence-corrected chi connectivity index (χ4v) is 1.45. The highest BCUT2D eigenvalue weighted by atomic mass is 16.5. The van der Waals surface area contributed by atoms with Gasteiger partial charge >= 0.3 is 5.97 Å². The molecule has 0 atom stereocenters. The molecule has 4 heteroatoms. The van der Waals surface area contributed by atoms with Gasteiger partial charge in [0.05, 0.1) is 20.8 Å². The van der Waals surface area contributed by atoms with Crippen LogP contribution >= 0.6 is 0 Å². The van der Waals surface area contributed by atoms with Crippen LogP contribution in [-0.4, -0.2) is 26.8 Å².